The van der Waals surface area contributed by atoms with Gasteiger partial charge in [0, 0.05) is 5.92 Å². The Morgan fingerprint density at radius 2 is 1.00 bits per heavy atom. The van der Waals surface area contributed by atoms with Crippen molar-refractivity contribution >= 4 is 0 Å². The van der Waals surface area contributed by atoms with E-state index in [2.05, 4.69) is 38.1 Å². The Labute approximate surface area is 146 Å². The fourth-order valence-electron chi connectivity index (χ4n) is 3.41. The molecular formula is C22H30O2. The van der Waals surface area contributed by atoms with Gasteiger partial charge in [0.05, 0.1) is 0 Å². The lowest BCUT2D eigenvalue weighted by Gasteiger charge is -2.22. The van der Waals surface area contributed by atoms with Crippen LogP contribution < -0.4 is 0 Å². The van der Waals surface area contributed by atoms with Gasteiger partial charge in [0.2, 0.25) is 0 Å². The van der Waals surface area contributed by atoms with Gasteiger partial charge in [0.1, 0.15) is 11.5 Å². The highest BCUT2D eigenvalue weighted by atomic mass is 16.3. The number of aryl methyl sites for hydroxylation is 4. The number of phenolic OH excluding ortho intramolecular Hbond substituents is 2. The van der Waals surface area contributed by atoms with Crippen LogP contribution in [-0.4, -0.2) is 10.2 Å². The van der Waals surface area contributed by atoms with Gasteiger partial charge in [-0.05, 0) is 73.4 Å². The first kappa shape index (κ1) is 18.4. The molecule has 0 aliphatic carbocycles. The van der Waals surface area contributed by atoms with E-state index in [9.17, 15) is 10.2 Å². The minimum Gasteiger partial charge on any atom is -0.507 e. The third-order valence-electron chi connectivity index (χ3n) is 4.86. The van der Waals surface area contributed by atoms with E-state index in [0.717, 1.165) is 35.1 Å². The number of benzene rings is 2. The zero-order valence-electron chi connectivity index (χ0n) is 15.8. The van der Waals surface area contributed by atoms with Crippen LogP contribution in [0.1, 0.15) is 66.0 Å². The molecule has 0 saturated heterocycles. The van der Waals surface area contributed by atoms with Gasteiger partial charge >= 0.3 is 0 Å². The van der Waals surface area contributed by atoms with E-state index in [1.807, 2.05) is 27.7 Å². The molecule has 2 aromatic rings. The molecule has 0 aliphatic rings. The summed E-state index contributed by atoms with van der Waals surface area (Å²) in [5.41, 5.74) is 6.18. The maximum Gasteiger partial charge on any atom is 0.121 e. The second kappa shape index (κ2) is 7.29. The van der Waals surface area contributed by atoms with Crippen molar-refractivity contribution in [3.8, 4) is 11.5 Å². The molecule has 0 aromatic heterocycles. The summed E-state index contributed by atoms with van der Waals surface area (Å²) in [7, 11) is 0. The Morgan fingerprint density at radius 1 is 0.667 bits per heavy atom. The normalized spacial score (nSPS) is 11.5. The molecule has 0 fully saturated rings. The number of aromatic hydroxyl groups is 2. The molecule has 2 rings (SSSR count). The maximum atomic E-state index is 10.1. The molecule has 130 valence electrons. The molecule has 0 heterocycles. The summed E-state index contributed by atoms with van der Waals surface area (Å²) < 4.78 is 0. The van der Waals surface area contributed by atoms with Crippen molar-refractivity contribution in [1.29, 1.82) is 0 Å². The van der Waals surface area contributed by atoms with Crippen molar-refractivity contribution in [3.63, 3.8) is 0 Å². The molecule has 0 unspecified atom stereocenters. The van der Waals surface area contributed by atoms with E-state index < -0.39 is 0 Å². The first-order valence-corrected chi connectivity index (χ1v) is 8.81. The predicted molar refractivity (Wildman–Crippen MR) is 101 cm³/mol. The van der Waals surface area contributed by atoms with Gasteiger partial charge in [-0.25, -0.2) is 0 Å². The highest BCUT2D eigenvalue weighted by molar-refractivity contribution is 5.49. The molecule has 2 heteroatoms. The quantitative estimate of drug-likeness (QED) is 0.718. The second-order valence-electron chi connectivity index (χ2n) is 7.53. The van der Waals surface area contributed by atoms with Crippen molar-refractivity contribution in [1.82, 2.24) is 0 Å². The molecule has 0 radical (unpaired) electrons. The van der Waals surface area contributed by atoms with Crippen molar-refractivity contribution in [2.24, 2.45) is 5.92 Å². The molecule has 2 aromatic carbocycles. The average Bonchev–Trinajstić information content (AvgIpc) is 2.49. The lowest BCUT2D eigenvalue weighted by Crippen LogP contribution is -2.05. The van der Waals surface area contributed by atoms with E-state index >= 15 is 0 Å². The van der Waals surface area contributed by atoms with E-state index in [4.69, 9.17) is 0 Å². The monoisotopic (exact) mass is 326 g/mol. The molecular weight excluding hydrogens is 296 g/mol. The van der Waals surface area contributed by atoms with Crippen molar-refractivity contribution < 1.29 is 10.2 Å². The summed E-state index contributed by atoms with van der Waals surface area (Å²) in [4.78, 5) is 0. The van der Waals surface area contributed by atoms with Crippen LogP contribution in [0.25, 0.3) is 0 Å². The molecule has 2 nitrogen and oxygen atoms in total. The standard InChI is InChI=1S/C22H30O2/c1-13(2)7-8-20(18-9-14(3)21(23)15(4)10-18)19-11-16(5)22(24)17(6)12-19/h9-13,20,23-24H,7-8H2,1-6H3. The first-order valence-electron chi connectivity index (χ1n) is 8.81. The predicted octanol–water partition coefficient (Wildman–Crippen LogP) is 5.90. The Morgan fingerprint density at radius 3 is 1.29 bits per heavy atom. The lowest BCUT2D eigenvalue weighted by atomic mass is 9.83. The molecule has 0 bridgehead atoms. The molecule has 0 saturated carbocycles. The molecule has 0 spiro atoms. The highest BCUT2D eigenvalue weighted by Gasteiger charge is 2.19. The maximum absolute atomic E-state index is 10.1. The Hall–Kier alpha value is -1.96. The lowest BCUT2D eigenvalue weighted by molar-refractivity contribution is 0.465. The fourth-order valence-corrected chi connectivity index (χ4v) is 3.41. The van der Waals surface area contributed by atoms with E-state index in [0.29, 0.717) is 17.4 Å². The highest BCUT2D eigenvalue weighted by Crippen LogP contribution is 2.37. The van der Waals surface area contributed by atoms with Crippen molar-refractivity contribution in [2.45, 2.75) is 60.3 Å². The summed E-state index contributed by atoms with van der Waals surface area (Å²) in [6.45, 7) is 12.3. The van der Waals surface area contributed by atoms with E-state index in [-0.39, 0.29) is 5.92 Å². The van der Waals surface area contributed by atoms with Crippen molar-refractivity contribution in [3.05, 3.63) is 57.6 Å². The molecule has 24 heavy (non-hydrogen) atoms. The largest absolute Gasteiger partial charge is 0.507 e. The molecule has 0 atom stereocenters. The number of hydrogen-bond donors (Lipinski definition) is 2. The molecule has 0 amide bonds. The van der Waals surface area contributed by atoms with Crippen LogP contribution in [0, 0.1) is 33.6 Å². The number of hydrogen-bond acceptors (Lipinski definition) is 2. The van der Waals surface area contributed by atoms with E-state index in [1.54, 1.807) is 0 Å². The summed E-state index contributed by atoms with van der Waals surface area (Å²) in [5.74, 6) is 1.70. The zero-order chi connectivity index (χ0) is 18.0. The van der Waals surface area contributed by atoms with Crippen LogP contribution in [0.3, 0.4) is 0 Å². The minimum atomic E-state index is 0.281. The zero-order valence-corrected chi connectivity index (χ0v) is 15.8. The summed E-state index contributed by atoms with van der Waals surface area (Å²) in [6.07, 6.45) is 2.20. The van der Waals surface area contributed by atoms with Crippen LogP contribution in [0.15, 0.2) is 24.3 Å². The Bertz CT molecular complexity index is 625. The van der Waals surface area contributed by atoms with Gasteiger partial charge in [-0.3, -0.25) is 0 Å². The van der Waals surface area contributed by atoms with Crippen LogP contribution in [0.5, 0.6) is 11.5 Å². The van der Waals surface area contributed by atoms with Crippen molar-refractivity contribution in [2.75, 3.05) is 0 Å². The number of rotatable bonds is 5. The summed E-state index contributed by atoms with van der Waals surface area (Å²) >= 11 is 0. The second-order valence-corrected chi connectivity index (χ2v) is 7.53. The third-order valence-corrected chi connectivity index (χ3v) is 4.86. The van der Waals surface area contributed by atoms with E-state index in [1.165, 1.54) is 11.1 Å². The SMILES string of the molecule is Cc1cc(C(CCC(C)C)c2cc(C)c(O)c(C)c2)cc(C)c1O. The van der Waals surface area contributed by atoms with Gasteiger partial charge in [-0.2, -0.15) is 0 Å². The summed E-state index contributed by atoms with van der Waals surface area (Å²) in [5, 5.41) is 20.2. The van der Waals surface area contributed by atoms with Gasteiger partial charge in [-0.15, -0.1) is 0 Å². The molecule has 2 N–H and O–H groups in total. The van der Waals surface area contributed by atoms with Crippen LogP contribution in [0.4, 0.5) is 0 Å². The number of phenols is 2. The Kier molecular flexibility index (Phi) is 5.58. The van der Waals surface area contributed by atoms with Gasteiger partial charge in [0.25, 0.3) is 0 Å². The van der Waals surface area contributed by atoms with Crippen LogP contribution >= 0.6 is 0 Å². The van der Waals surface area contributed by atoms with Crippen LogP contribution in [0.2, 0.25) is 0 Å². The van der Waals surface area contributed by atoms with Gasteiger partial charge in [-0.1, -0.05) is 44.5 Å². The fraction of sp³-hybridized carbons (Fsp3) is 0.455. The topological polar surface area (TPSA) is 40.5 Å². The minimum absolute atomic E-state index is 0.281. The average molecular weight is 326 g/mol. The summed E-state index contributed by atoms with van der Waals surface area (Å²) in [6, 6.07) is 8.41. The van der Waals surface area contributed by atoms with Gasteiger partial charge in [0.15, 0.2) is 0 Å². The molecule has 0 aliphatic heterocycles. The third kappa shape index (κ3) is 3.92. The smallest absolute Gasteiger partial charge is 0.121 e. The Balaban J connectivity index is 2.53. The van der Waals surface area contributed by atoms with Gasteiger partial charge < -0.3 is 10.2 Å². The van der Waals surface area contributed by atoms with Crippen LogP contribution in [-0.2, 0) is 0 Å². The first-order chi connectivity index (χ1) is 11.2.